The molecular formula is C10H11F2N3O2. The molecule has 0 aromatic heterocycles. The topological polar surface area (TPSA) is 76.7 Å². The van der Waals surface area contributed by atoms with Crippen molar-refractivity contribution in [3.63, 3.8) is 0 Å². The van der Waals surface area contributed by atoms with Crippen molar-refractivity contribution in [1.82, 2.24) is 5.43 Å². The summed E-state index contributed by atoms with van der Waals surface area (Å²) in [6.07, 6.45) is 0. The number of urea groups is 1. The Morgan fingerprint density at radius 1 is 1.41 bits per heavy atom. The van der Waals surface area contributed by atoms with Crippen LogP contribution >= 0.6 is 0 Å². The lowest BCUT2D eigenvalue weighted by molar-refractivity contribution is 0.249. The number of hydrogen-bond donors (Lipinski definition) is 2. The molecule has 17 heavy (non-hydrogen) atoms. The molecule has 0 fully saturated rings. The highest BCUT2D eigenvalue weighted by Crippen LogP contribution is 2.22. The van der Waals surface area contributed by atoms with Crippen LogP contribution in [-0.4, -0.2) is 18.9 Å². The zero-order valence-corrected chi connectivity index (χ0v) is 9.25. The van der Waals surface area contributed by atoms with Crippen LogP contribution in [0.1, 0.15) is 12.5 Å². The van der Waals surface area contributed by atoms with Gasteiger partial charge in [0.25, 0.3) is 0 Å². The summed E-state index contributed by atoms with van der Waals surface area (Å²) >= 11 is 0. The lowest BCUT2D eigenvalue weighted by atomic mass is 10.1. The molecule has 1 aromatic rings. The molecule has 0 aliphatic heterocycles. The Hall–Kier alpha value is -2.18. The number of methoxy groups -OCH3 is 1. The van der Waals surface area contributed by atoms with Crippen LogP contribution in [0.2, 0.25) is 0 Å². The summed E-state index contributed by atoms with van der Waals surface area (Å²) in [6, 6.07) is 1.23. The number of carbonyl (C=O) groups excluding carboxylic acids is 1. The smallest absolute Gasteiger partial charge is 0.332 e. The highest BCUT2D eigenvalue weighted by molar-refractivity contribution is 5.99. The molecule has 0 bridgehead atoms. The normalized spacial score (nSPS) is 11.2. The maximum Gasteiger partial charge on any atom is 0.332 e. The first-order chi connectivity index (χ1) is 7.95. The van der Waals surface area contributed by atoms with Crippen LogP contribution in [0.3, 0.4) is 0 Å². The summed E-state index contributed by atoms with van der Waals surface area (Å²) in [4.78, 5) is 10.4. The first kappa shape index (κ1) is 12.9. The van der Waals surface area contributed by atoms with Crippen molar-refractivity contribution in [3.05, 3.63) is 29.3 Å². The van der Waals surface area contributed by atoms with Gasteiger partial charge < -0.3 is 10.5 Å². The maximum atomic E-state index is 13.3. The van der Waals surface area contributed by atoms with E-state index in [-0.39, 0.29) is 11.3 Å². The van der Waals surface area contributed by atoms with E-state index in [4.69, 9.17) is 5.73 Å². The minimum absolute atomic E-state index is 0.176. The summed E-state index contributed by atoms with van der Waals surface area (Å²) in [6.45, 7) is 1.47. The third-order valence-corrected chi connectivity index (χ3v) is 1.95. The monoisotopic (exact) mass is 243 g/mol. The van der Waals surface area contributed by atoms with E-state index >= 15 is 0 Å². The average Bonchev–Trinajstić information content (AvgIpc) is 2.25. The highest BCUT2D eigenvalue weighted by Gasteiger charge is 2.12. The van der Waals surface area contributed by atoms with Gasteiger partial charge in [0.1, 0.15) is 0 Å². The highest BCUT2D eigenvalue weighted by atomic mass is 19.1. The van der Waals surface area contributed by atoms with Crippen molar-refractivity contribution in [1.29, 1.82) is 0 Å². The first-order valence-electron chi connectivity index (χ1n) is 4.59. The van der Waals surface area contributed by atoms with Gasteiger partial charge in [-0.3, -0.25) is 0 Å². The molecule has 0 aliphatic carbocycles. The number of amides is 2. The molecule has 0 aliphatic rings. The van der Waals surface area contributed by atoms with Crippen LogP contribution in [0, 0.1) is 11.6 Å². The Balaban J connectivity index is 3.08. The van der Waals surface area contributed by atoms with Crippen LogP contribution < -0.4 is 15.9 Å². The molecule has 5 nitrogen and oxygen atoms in total. The zero-order valence-electron chi connectivity index (χ0n) is 9.25. The molecule has 7 heteroatoms. The summed E-state index contributed by atoms with van der Waals surface area (Å²) < 4.78 is 31.2. The Morgan fingerprint density at radius 2 is 1.94 bits per heavy atom. The number of carbonyl (C=O) groups is 1. The van der Waals surface area contributed by atoms with Crippen molar-refractivity contribution in [2.45, 2.75) is 6.92 Å². The predicted molar refractivity (Wildman–Crippen MR) is 57.8 cm³/mol. The largest absolute Gasteiger partial charge is 0.491 e. The molecule has 0 radical (unpaired) electrons. The number of hydrogen-bond acceptors (Lipinski definition) is 3. The molecule has 0 saturated carbocycles. The van der Waals surface area contributed by atoms with Crippen LogP contribution in [-0.2, 0) is 0 Å². The van der Waals surface area contributed by atoms with Crippen LogP contribution in [0.4, 0.5) is 13.6 Å². The number of ether oxygens (including phenoxy) is 1. The van der Waals surface area contributed by atoms with E-state index in [1.54, 1.807) is 0 Å². The van der Waals surface area contributed by atoms with Gasteiger partial charge in [-0.2, -0.15) is 5.10 Å². The molecule has 0 atom stereocenters. The summed E-state index contributed by atoms with van der Waals surface area (Å²) in [7, 11) is 1.16. The van der Waals surface area contributed by atoms with Crippen molar-refractivity contribution in [2.24, 2.45) is 10.8 Å². The zero-order chi connectivity index (χ0) is 13.0. The van der Waals surface area contributed by atoms with E-state index in [0.29, 0.717) is 0 Å². The Morgan fingerprint density at radius 3 is 2.35 bits per heavy atom. The average molecular weight is 243 g/mol. The van der Waals surface area contributed by atoms with Gasteiger partial charge in [-0.15, -0.1) is 0 Å². The predicted octanol–water partition coefficient (Wildman–Crippen LogP) is 1.37. The lowest BCUT2D eigenvalue weighted by Crippen LogP contribution is -2.25. The van der Waals surface area contributed by atoms with Crippen LogP contribution in [0.25, 0.3) is 0 Å². The second-order valence-electron chi connectivity index (χ2n) is 3.15. The van der Waals surface area contributed by atoms with Gasteiger partial charge in [-0.05, 0) is 19.1 Å². The van der Waals surface area contributed by atoms with Gasteiger partial charge in [0.15, 0.2) is 17.4 Å². The number of nitrogens with two attached hydrogens (primary N) is 1. The standard InChI is InChI=1S/C10H11F2N3O2/c1-5(14-15-10(13)16)6-3-7(11)9(17-2)8(12)4-6/h3-4H,1-2H3,(H3,13,15,16)/b14-5+. The van der Waals surface area contributed by atoms with Crippen molar-refractivity contribution in [3.8, 4) is 5.75 Å². The number of benzene rings is 1. The van der Waals surface area contributed by atoms with Crippen LogP contribution in [0.15, 0.2) is 17.2 Å². The van der Waals surface area contributed by atoms with E-state index < -0.39 is 23.4 Å². The molecular weight excluding hydrogens is 232 g/mol. The molecule has 0 saturated heterocycles. The number of nitrogens with one attached hydrogen (secondary N) is 1. The second kappa shape index (κ2) is 5.24. The van der Waals surface area contributed by atoms with E-state index in [1.165, 1.54) is 6.92 Å². The van der Waals surface area contributed by atoms with Crippen molar-refractivity contribution in [2.75, 3.05) is 7.11 Å². The second-order valence-corrected chi connectivity index (χ2v) is 3.15. The van der Waals surface area contributed by atoms with Gasteiger partial charge >= 0.3 is 6.03 Å². The van der Waals surface area contributed by atoms with Gasteiger partial charge in [0.05, 0.1) is 12.8 Å². The summed E-state index contributed by atoms with van der Waals surface area (Å²) in [5.41, 5.74) is 7.15. The minimum atomic E-state index is -0.862. The maximum absolute atomic E-state index is 13.3. The van der Waals surface area contributed by atoms with E-state index in [0.717, 1.165) is 19.2 Å². The Bertz CT molecular complexity index is 452. The summed E-state index contributed by atoms with van der Waals surface area (Å²) in [5, 5.41) is 3.55. The Labute approximate surface area is 96.3 Å². The lowest BCUT2D eigenvalue weighted by Gasteiger charge is -2.06. The van der Waals surface area contributed by atoms with Gasteiger partial charge in [0.2, 0.25) is 0 Å². The third-order valence-electron chi connectivity index (χ3n) is 1.95. The number of rotatable bonds is 3. The number of halogens is 2. The summed E-state index contributed by atoms with van der Waals surface area (Å²) in [5.74, 6) is -2.17. The van der Waals surface area contributed by atoms with E-state index in [9.17, 15) is 13.6 Å². The first-order valence-corrected chi connectivity index (χ1v) is 4.59. The van der Waals surface area contributed by atoms with Crippen molar-refractivity contribution >= 4 is 11.7 Å². The number of hydrazone groups is 1. The van der Waals surface area contributed by atoms with Gasteiger partial charge in [-0.1, -0.05) is 0 Å². The molecule has 0 unspecified atom stereocenters. The molecule has 1 rings (SSSR count). The molecule has 1 aromatic carbocycles. The fourth-order valence-corrected chi connectivity index (χ4v) is 1.17. The molecule has 0 spiro atoms. The Kier molecular flexibility index (Phi) is 3.97. The van der Waals surface area contributed by atoms with Crippen LogP contribution in [0.5, 0.6) is 5.75 Å². The van der Waals surface area contributed by atoms with E-state index in [2.05, 4.69) is 9.84 Å². The van der Waals surface area contributed by atoms with E-state index in [1.807, 2.05) is 5.43 Å². The number of primary amides is 1. The molecule has 3 N–H and O–H groups in total. The van der Waals surface area contributed by atoms with Gasteiger partial charge in [0, 0.05) is 5.56 Å². The fourth-order valence-electron chi connectivity index (χ4n) is 1.17. The SMILES string of the molecule is COc1c(F)cc(/C(C)=N/NC(N)=O)cc1F. The third kappa shape index (κ3) is 3.13. The fraction of sp³-hybridized carbons (Fsp3) is 0.200. The molecule has 92 valence electrons. The molecule has 2 amide bonds. The quantitative estimate of drug-likeness (QED) is 0.621. The molecule has 0 heterocycles. The van der Waals surface area contributed by atoms with Crippen molar-refractivity contribution < 1.29 is 18.3 Å². The minimum Gasteiger partial charge on any atom is -0.491 e. The number of nitrogens with zero attached hydrogens (tertiary/aromatic N) is 1. The van der Waals surface area contributed by atoms with Gasteiger partial charge in [-0.25, -0.2) is 19.0 Å².